The lowest BCUT2D eigenvalue weighted by Gasteiger charge is -2.10. The summed E-state index contributed by atoms with van der Waals surface area (Å²) >= 11 is 3.50. The minimum absolute atomic E-state index is 0.277. The number of nitrogens with zero attached hydrogens (tertiary/aromatic N) is 2. The molecule has 0 atom stereocenters. The fraction of sp³-hybridized carbons (Fsp3) is 0.0741. The number of nitriles is 1. The van der Waals surface area contributed by atoms with Crippen LogP contribution in [0.4, 0.5) is 0 Å². The summed E-state index contributed by atoms with van der Waals surface area (Å²) in [6.07, 6.45) is 1.55. The molecule has 0 saturated carbocycles. The van der Waals surface area contributed by atoms with Crippen LogP contribution in [0.2, 0.25) is 0 Å². The van der Waals surface area contributed by atoms with Crippen LogP contribution in [0.3, 0.4) is 0 Å². The Morgan fingerprint density at radius 3 is 2.50 bits per heavy atom. The molecule has 0 aliphatic heterocycles. The molecule has 168 valence electrons. The van der Waals surface area contributed by atoms with Gasteiger partial charge in [-0.3, -0.25) is 4.79 Å². The molecule has 0 unspecified atom stereocenters. The number of methoxy groups -OCH3 is 1. The van der Waals surface area contributed by atoms with Gasteiger partial charge in [0, 0.05) is 5.56 Å². The predicted molar refractivity (Wildman–Crippen MR) is 135 cm³/mol. The van der Waals surface area contributed by atoms with E-state index in [4.69, 9.17) is 9.47 Å². The average Bonchev–Trinajstić information content (AvgIpc) is 2.87. The van der Waals surface area contributed by atoms with Gasteiger partial charge in [0.2, 0.25) is 0 Å². The van der Waals surface area contributed by atoms with Crippen molar-refractivity contribution in [3.63, 3.8) is 0 Å². The second-order valence-electron chi connectivity index (χ2n) is 7.35. The maximum Gasteiger partial charge on any atom is 0.275 e. The third kappa shape index (κ3) is 5.25. The lowest BCUT2D eigenvalue weighted by atomic mass is 10.1. The number of hydrazone groups is 1. The van der Waals surface area contributed by atoms with Gasteiger partial charge in [-0.15, -0.1) is 0 Å². The molecule has 0 radical (unpaired) electrons. The fourth-order valence-corrected chi connectivity index (χ4v) is 3.93. The molecule has 1 N–H and O–H groups in total. The summed E-state index contributed by atoms with van der Waals surface area (Å²) in [6, 6.07) is 26.3. The van der Waals surface area contributed by atoms with E-state index < -0.39 is 0 Å². The Morgan fingerprint density at radius 1 is 1.03 bits per heavy atom. The number of benzene rings is 4. The van der Waals surface area contributed by atoms with Crippen molar-refractivity contribution in [3.8, 4) is 17.6 Å². The first-order valence-electron chi connectivity index (χ1n) is 10.4. The molecule has 34 heavy (non-hydrogen) atoms. The van der Waals surface area contributed by atoms with Crippen molar-refractivity contribution in [1.82, 2.24) is 5.43 Å². The van der Waals surface area contributed by atoms with E-state index in [1.807, 2.05) is 60.7 Å². The molecular weight excluding hydrogens is 494 g/mol. The highest BCUT2D eigenvalue weighted by atomic mass is 79.9. The molecule has 7 heteroatoms. The number of fused-ring (bicyclic) bond motifs is 1. The van der Waals surface area contributed by atoms with Gasteiger partial charge in [-0.05, 0) is 68.7 Å². The topological polar surface area (TPSA) is 83.7 Å². The third-order valence-electron chi connectivity index (χ3n) is 5.17. The molecule has 6 nitrogen and oxygen atoms in total. The minimum Gasteiger partial charge on any atom is -0.496 e. The Kier molecular flexibility index (Phi) is 7.21. The summed E-state index contributed by atoms with van der Waals surface area (Å²) < 4.78 is 12.0. The van der Waals surface area contributed by atoms with Crippen LogP contribution in [-0.4, -0.2) is 19.2 Å². The van der Waals surface area contributed by atoms with E-state index in [1.54, 1.807) is 24.4 Å². The SMILES string of the molecule is COc1cc2ccccc2cc1C(=O)N/N=C\c1ccc(OCc2ccccc2C#N)c(Br)c1. The molecule has 0 fully saturated rings. The standard InChI is InChI=1S/C27H20BrN3O3/c1-33-26-14-20-7-3-2-6-19(20)13-23(26)27(32)31-30-16-18-10-11-25(24(28)12-18)34-17-22-9-5-4-8-21(22)15-29/h2-14,16H,17H2,1H3,(H,31,32)/b30-16-. The van der Waals surface area contributed by atoms with Crippen LogP contribution in [0.5, 0.6) is 11.5 Å². The van der Waals surface area contributed by atoms with Gasteiger partial charge >= 0.3 is 0 Å². The second-order valence-corrected chi connectivity index (χ2v) is 8.20. The Morgan fingerprint density at radius 2 is 1.76 bits per heavy atom. The number of carbonyl (C=O) groups excluding carboxylic acids is 1. The normalized spacial score (nSPS) is 10.7. The summed E-state index contributed by atoms with van der Waals surface area (Å²) in [5, 5.41) is 15.2. The lowest BCUT2D eigenvalue weighted by molar-refractivity contribution is 0.0952. The van der Waals surface area contributed by atoms with Crippen molar-refractivity contribution < 1.29 is 14.3 Å². The zero-order valence-corrected chi connectivity index (χ0v) is 19.9. The van der Waals surface area contributed by atoms with Crippen LogP contribution < -0.4 is 14.9 Å². The first kappa shape index (κ1) is 23.0. The van der Waals surface area contributed by atoms with Crippen molar-refractivity contribution >= 4 is 38.8 Å². The summed E-state index contributed by atoms with van der Waals surface area (Å²) in [7, 11) is 1.53. The number of hydrogen-bond donors (Lipinski definition) is 1. The van der Waals surface area contributed by atoms with Crippen LogP contribution >= 0.6 is 15.9 Å². The van der Waals surface area contributed by atoms with Gasteiger partial charge in [0.25, 0.3) is 5.91 Å². The van der Waals surface area contributed by atoms with E-state index in [0.717, 1.165) is 26.4 Å². The highest BCUT2D eigenvalue weighted by Crippen LogP contribution is 2.27. The number of hydrogen-bond acceptors (Lipinski definition) is 5. The van der Waals surface area contributed by atoms with E-state index in [-0.39, 0.29) is 12.5 Å². The van der Waals surface area contributed by atoms with Crippen LogP contribution in [-0.2, 0) is 6.61 Å². The number of rotatable bonds is 7. The van der Waals surface area contributed by atoms with Gasteiger partial charge in [0.15, 0.2) is 0 Å². The fourth-order valence-electron chi connectivity index (χ4n) is 3.42. The number of halogens is 1. The van der Waals surface area contributed by atoms with Gasteiger partial charge in [-0.25, -0.2) is 5.43 Å². The maximum absolute atomic E-state index is 12.7. The van der Waals surface area contributed by atoms with Crippen molar-refractivity contribution in [3.05, 3.63) is 106 Å². The molecule has 4 aromatic rings. The van der Waals surface area contributed by atoms with E-state index in [2.05, 4.69) is 32.5 Å². The Bertz CT molecular complexity index is 1430. The van der Waals surface area contributed by atoms with Gasteiger partial charge in [0.05, 0.1) is 35.0 Å². The molecule has 0 aliphatic rings. The zero-order valence-electron chi connectivity index (χ0n) is 18.3. The lowest BCUT2D eigenvalue weighted by Crippen LogP contribution is -2.18. The van der Waals surface area contributed by atoms with E-state index >= 15 is 0 Å². The number of nitrogens with one attached hydrogen (secondary N) is 1. The molecular formula is C27H20BrN3O3. The van der Waals surface area contributed by atoms with Crippen LogP contribution in [0.15, 0.2) is 88.4 Å². The highest BCUT2D eigenvalue weighted by molar-refractivity contribution is 9.10. The van der Waals surface area contributed by atoms with E-state index in [9.17, 15) is 10.1 Å². The number of amides is 1. The van der Waals surface area contributed by atoms with Crippen LogP contribution in [0.1, 0.15) is 27.0 Å². The quantitative estimate of drug-likeness (QED) is 0.249. The van der Waals surface area contributed by atoms with E-state index in [1.165, 1.54) is 7.11 Å². The Balaban J connectivity index is 1.42. The zero-order chi connectivity index (χ0) is 23.9. The summed E-state index contributed by atoms with van der Waals surface area (Å²) in [6.45, 7) is 0.277. The van der Waals surface area contributed by atoms with Gasteiger partial charge in [0.1, 0.15) is 18.1 Å². The van der Waals surface area contributed by atoms with Gasteiger partial charge < -0.3 is 9.47 Å². The summed E-state index contributed by atoms with van der Waals surface area (Å²) in [5.74, 6) is 0.748. The largest absolute Gasteiger partial charge is 0.496 e. The maximum atomic E-state index is 12.7. The first-order chi connectivity index (χ1) is 16.6. The molecule has 0 aromatic heterocycles. The average molecular weight is 514 g/mol. The summed E-state index contributed by atoms with van der Waals surface area (Å²) in [5.41, 5.74) is 5.12. The van der Waals surface area contributed by atoms with Gasteiger partial charge in [-0.2, -0.15) is 10.4 Å². The van der Waals surface area contributed by atoms with Crippen molar-refractivity contribution in [2.45, 2.75) is 6.61 Å². The number of carbonyl (C=O) groups is 1. The molecule has 0 spiro atoms. The first-order valence-corrected chi connectivity index (χ1v) is 11.2. The Hall–Kier alpha value is -4.15. The molecule has 1 amide bonds. The third-order valence-corrected chi connectivity index (χ3v) is 5.79. The van der Waals surface area contributed by atoms with Crippen LogP contribution in [0, 0.1) is 11.3 Å². The smallest absolute Gasteiger partial charge is 0.275 e. The molecule has 0 saturated heterocycles. The molecule has 4 rings (SSSR count). The van der Waals surface area contributed by atoms with Crippen molar-refractivity contribution in [2.24, 2.45) is 5.10 Å². The van der Waals surface area contributed by atoms with Gasteiger partial charge in [-0.1, -0.05) is 42.5 Å². The van der Waals surface area contributed by atoms with Crippen molar-refractivity contribution in [1.29, 1.82) is 5.26 Å². The minimum atomic E-state index is -0.367. The Labute approximate surface area is 205 Å². The highest BCUT2D eigenvalue weighted by Gasteiger charge is 2.13. The molecule has 4 aromatic carbocycles. The molecule has 0 bridgehead atoms. The molecule has 0 aliphatic carbocycles. The van der Waals surface area contributed by atoms with E-state index in [0.29, 0.717) is 22.6 Å². The van der Waals surface area contributed by atoms with Crippen LogP contribution in [0.25, 0.3) is 10.8 Å². The monoisotopic (exact) mass is 513 g/mol. The number of ether oxygens (including phenoxy) is 2. The predicted octanol–water partition coefficient (Wildman–Crippen LogP) is 5.83. The van der Waals surface area contributed by atoms with Crippen molar-refractivity contribution in [2.75, 3.05) is 7.11 Å². The summed E-state index contributed by atoms with van der Waals surface area (Å²) in [4.78, 5) is 12.7. The second kappa shape index (κ2) is 10.6. The molecule has 0 heterocycles.